The van der Waals surface area contributed by atoms with E-state index in [2.05, 4.69) is 32.0 Å². The largest absolute Gasteiger partial charge is 0.392 e. The summed E-state index contributed by atoms with van der Waals surface area (Å²) in [6.07, 6.45) is 7.29. The molecule has 0 saturated carbocycles. The van der Waals surface area contributed by atoms with Crippen LogP contribution in [0, 0.1) is 12.3 Å². The first kappa shape index (κ1) is 12.5. The summed E-state index contributed by atoms with van der Waals surface area (Å²) in [6.45, 7) is 6.90. The Morgan fingerprint density at radius 3 is 2.54 bits per heavy atom. The molecule has 0 amide bonds. The van der Waals surface area contributed by atoms with E-state index >= 15 is 0 Å². The fourth-order valence-corrected chi connectivity index (χ4v) is 0.966. The van der Waals surface area contributed by atoms with Crippen LogP contribution in [0.4, 0.5) is 0 Å². The van der Waals surface area contributed by atoms with Gasteiger partial charge in [0.2, 0.25) is 0 Å². The van der Waals surface area contributed by atoms with Crippen molar-refractivity contribution in [1.29, 1.82) is 0 Å². The number of hydrogen-bond donors (Lipinski definition) is 2. The summed E-state index contributed by atoms with van der Waals surface area (Å²) in [7, 11) is 0. The molecule has 1 unspecified atom stereocenters. The summed E-state index contributed by atoms with van der Waals surface area (Å²) in [4.78, 5) is 0. The van der Waals surface area contributed by atoms with Gasteiger partial charge in [-0.25, -0.2) is 0 Å². The van der Waals surface area contributed by atoms with Crippen molar-refractivity contribution >= 4 is 0 Å². The average molecular weight is 183 g/mol. The van der Waals surface area contributed by atoms with Gasteiger partial charge in [-0.1, -0.05) is 0 Å². The van der Waals surface area contributed by atoms with Gasteiger partial charge in [-0.15, -0.1) is 12.3 Å². The Morgan fingerprint density at radius 1 is 1.46 bits per heavy atom. The molecule has 13 heavy (non-hydrogen) atoms. The predicted molar refractivity (Wildman–Crippen MR) is 56.4 cm³/mol. The zero-order chi connectivity index (χ0) is 10.3. The fourth-order valence-electron chi connectivity index (χ4n) is 0.966. The van der Waals surface area contributed by atoms with Crippen molar-refractivity contribution in [2.24, 2.45) is 0 Å². The number of rotatable bonds is 5. The van der Waals surface area contributed by atoms with Crippen LogP contribution < -0.4 is 5.32 Å². The van der Waals surface area contributed by atoms with Crippen LogP contribution in [0.3, 0.4) is 0 Å². The van der Waals surface area contributed by atoms with Crippen LogP contribution in [0.25, 0.3) is 0 Å². The van der Waals surface area contributed by atoms with Crippen LogP contribution in [-0.4, -0.2) is 23.3 Å². The third-order valence-corrected chi connectivity index (χ3v) is 1.73. The van der Waals surface area contributed by atoms with Crippen LogP contribution in [0.1, 0.15) is 40.0 Å². The maximum Gasteiger partial charge on any atom is 0.0665 e. The molecule has 0 aliphatic carbocycles. The molecule has 0 rings (SSSR count). The number of β-amino-alcohol motifs (C(OH)–C–C–N with tert-alkyl or cyclic N) is 1. The fraction of sp³-hybridized carbons (Fsp3) is 0.818. The molecule has 0 aliphatic heterocycles. The van der Waals surface area contributed by atoms with Crippen LogP contribution in [0.15, 0.2) is 0 Å². The summed E-state index contributed by atoms with van der Waals surface area (Å²) in [5.41, 5.74) is 0.0765. The van der Waals surface area contributed by atoms with Gasteiger partial charge in [0.15, 0.2) is 0 Å². The quantitative estimate of drug-likeness (QED) is 0.500. The number of unbranched alkanes of at least 4 members (excludes halogenated alkanes) is 1. The van der Waals surface area contributed by atoms with E-state index < -0.39 is 0 Å². The highest BCUT2D eigenvalue weighted by Gasteiger charge is 2.11. The molecule has 0 aliphatic rings. The van der Waals surface area contributed by atoms with Gasteiger partial charge in [0.1, 0.15) is 0 Å². The zero-order valence-electron chi connectivity index (χ0n) is 8.93. The van der Waals surface area contributed by atoms with Gasteiger partial charge in [0.05, 0.1) is 6.10 Å². The molecule has 0 saturated heterocycles. The standard InChI is InChI=1S/C11H21NO/c1-5-6-7-8-10(13)9-12-11(2,3)4/h1,10,12-13H,6-9H2,2-4H3. The third-order valence-electron chi connectivity index (χ3n) is 1.73. The Morgan fingerprint density at radius 2 is 2.08 bits per heavy atom. The molecule has 0 heterocycles. The Labute approximate surface area is 81.7 Å². The lowest BCUT2D eigenvalue weighted by atomic mass is 10.1. The van der Waals surface area contributed by atoms with E-state index in [0.29, 0.717) is 6.54 Å². The van der Waals surface area contributed by atoms with E-state index in [1.807, 2.05) is 0 Å². The second-order valence-electron chi connectivity index (χ2n) is 4.38. The van der Waals surface area contributed by atoms with Crippen LogP contribution in [0.5, 0.6) is 0 Å². The predicted octanol–water partition coefficient (Wildman–Crippen LogP) is 1.54. The van der Waals surface area contributed by atoms with E-state index in [9.17, 15) is 5.11 Å². The van der Waals surface area contributed by atoms with Crippen molar-refractivity contribution in [3.8, 4) is 12.3 Å². The van der Waals surface area contributed by atoms with Crippen molar-refractivity contribution in [3.05, 3.63) is 0 Å². The van der Waals surface area contributed by atoms with E-state index in [4.69, 9.17) is 6.42 Å². The Hall–Kier alpha value is -0.520. The van der Waals surface area contributed by atoms with Gasteiger partial charge in [-0.2, -0.15) is 0 Å². The molecule has 2 heteroatoms. The second-order valence-corrected chi connectivity index (χ2v) is 4.38. The first-order valence-electron chi connectivity index (χ1n) is 4.82. The molecule has 0 fully saturated rings. The number of nitrogens with one attached hydrogen (secondary N) is 1. The molecule has 0 radical (unpaired) electrons. The summed E-state index contributed by atoms with van der Waals surface area (Å²) in [6, 6.07) is 0. The lowest BCUT2D eigenvalue weighted by Gasteiger charge is -2.22. The second kappa shape index (κ2) is 6.01. The normalized spacial score (nSPS) is 13.8. The first-order chi connectivity index (χ1) is 5.95. The topological polar surface area (TPSA) is 32.3 Å². The van der Waals surface area contributed by atoms with Crippen LogP contribution >= 0.6 is 0 Å². The highest BCUT2D eigenvalue weighted by Crippen LogP contribution is 2.02. The van der Waals surface area contributed by atoms with E-state index in [1.54, 1.807) is 0 Å². The minimum Gasteiger partial charge on any atom is -0.392 e. The average Bonchev–Trinajstić information content (AvgIpc) is 2.00. The number of aliphatic hydroxyl groups excluding tert-OH is 1. The van der Waals surface area contributed by atoms with Crippen molar-refractivity contribution in [1.82, 2.24) is 5.32 Å². The number of hydrogen-bond acceptors (Lipinski definition) is 2. The van der Waals surface area contributed by atoms with Gasteiger partial charge >= 0.3 is 0 Å². The molecule has 0 aromatic rings. The molecule has 0 aromatic carbocycles. The van der Waals surface area contributed by atoms with Crippen molar-refractivity contribution < 1.29 is 5.11 Å². The van der Waals surface area contributed by atoms with Crippen molar-refractivity contribution in [3.63, 3.8) is 0 Å². The lowest BCUT2D eigenvalue weighted by Crippen LogP contribution is -2.40. The summed E-state index contributed by atoms with van der Waals surface area (Å²) in [5, 5.41) is 12.8. The van der Waals surface area contributed by atoms with E-state index in [-0.39, 0.29) is 11.6 Å². The molecule has 0 aromatic heterocycles. The Balaban J connectivity index is 3.42. The minimum atomic E-state index is -0.271. The molecule has 0 bridgehead atoms. The monoisotopic (exact) mass is 183 g/mol. The summed E-state index contributed by atoms with van der Waals surface area (Å²) >= 11 is 0. The number of terminal acetylenes is 1. The number of aliphatic hydroxyl groups is 1. The van der Waals surface area contributed by atoms with E-state index in [0.717, 1.165) is 19.3 Å². The molecule has 2 N–H and O–H groups in total. The smallest absolute Gasteiger partial charge is 0.0665 e. The summed E-state index contributed by atoms with van der Waals surface area (Å²) in [5.74, 6) is 2.56. The van der Waals surface area contributed by atoms with Crippen molar-refractivity contribution in [2.75, 3.05) is 6.54 Å². The molecule has 76 valence electrons. The van der Waals surface area contributed by atoms with Crippen molar-refractivity contribution in [2.45, 2.75) is 51.7 Å². The maximum absolute atomic E-state index is 9.51. The Kier molecular flexibility index (Phi) is 5.77. The SMILES string of the molecule is C#CCCCC(O)CNC(C)(C)C. The van der Waals surface area contributed by atoms with Crippen LogP contribution in [0.2, 0.25) is 0 Å². The minimum absolute atomic E-state index is 0.0765. The molecular weight excluding hydrogens is 162 g/mol. The lowest BCUT2D eigenvalue weighted by molar-refractivity contribution is 0.149. The first-order valence-corrected chi connectivity index (χ1v) is 4.82. The highest BCUT2D eigenvalue weighted by molar-refractivity contribution is 4.83. The van der Waals surface area contributed by atoms with Gasteiger partial charge in [0, 0.05) is 18.5 Å². The van der Waals surface area contributed by atoms with Gasteiger partial charge < -0.3 is 10.4 Å². The summed E-state index contributed by atoms with van der Waals surface area (Å²) < 4.78 is 0. The molecular formula is C11H21NO. The van der Waals surface area contributed by atoms with Gasteiger partial charge in [-0.3, -0.25) is 0 Å². The van der Waals surface area contributed by atoms with E-state index in [1.165, 1.54) is 0 Å². The van der Waals surface area contributed by atoms with Crippen LogP contribution in [-0.2, 0) is 0 Å². The van der Waals surface area contributed by atoms with Gasteiger partial charge in [-0.05, 0) is 33.6 Å². The molecule has 1 atom stereocenters. The van der Waals surface area contributed by atoms with Gasteiger partial charge in [0.25, 0.3) is 0 Å². The third kappa shape index (κ3) is 9.39. The molecule has 0 spiro atoms. The molecule has 2 nitrogen and oxygen atoms in total. The zero-order valence-corrected chi connectivity index (χ0v) is 8.93. The highest BCUT2D eigenvalue weighted by atomic mass is 16.3. The maximum atomic E-state index is 9.51. The Bertz CT molecular complexity index is 164.